The van der Waals surface area contributed by atoms with Crippen LogP contribution in [0.5, 0.6) is 5.75 Å². The van der Waals surface area contributed by atoms with Gasteiger partial charge in [-0.25, -0.2) is 4.68 Å². The van der Waals surface area contributed by atoms with E-state index in [0.29, 0.717) is 24.9 Å². The van der Waals surface area contributed by atoms with Crippen molar-refractivity contribution in [2.24, 2.45) is 0 Å². The lowest BCUT2D eigenvalue weighted by molar-refractivity contribution is 0.0945. The predicted octanol–water partition coefficient (Wildman–Crippen LogP) is 1.92. The van der Waals surface area contributed by atoms with Gasteiger partial charge in [0, 0.05) is 13.1 Å². The lowest BCUT2D eigenvalue weighted by Gasteiger charge is -2.22. The Morgan fingerprint density at radius 1 is 1.31 bits per heavy atom. The van der Waals surface area contributed by atoms with E-state index in [9.17, 15) is 4.79 Å². The highest BCUT2D eigenvalue weighted by Crippen LogP contribution is 2.17. The van der Waals surface area contributed by atoms with Gasteiger partial charge in [-0.3, -0.25) is 4.79 Å². The van der Waals surface area contributed by atoms with Gasteiger partial charge in [0.25, 0.3) is 5.91 Å². The Kier molecular flexibility index (Phi) is 11.0. The van der Waals surface area contributed by atoms with Crippen molar-refractivity contribution < 1.29 is 9.53 Å². The normalized spacial score (nSPS) is 14.0. The number of nitrogens with zero attached hydrogens (tertiary/aromatic N) is 4. The zero-order valence-corrected chi connectivity index (χ0v) is 18.5. The molecule has 10 heteroatoms. The van der Waals surface area contributed by atoms with Gasteiger partial charge < -0.3 is 20.3 Å². The lowest BCUT2D eigenvalue weighted by Crippen LogP contribution is -2.29. The molecular weight excluding hydrogens is 415 g/mol. The molecule has 29 heavy (non-hydrogen) atoms. The first-order valence-corrected chi connectivity index (χ1v) is 9.39. The van der Waals surface area contributed by atoms with Crippen molar-refractivity contribution >= 4 is 30.7 Å². The summed E-state index contributed by atoms with van der Waals surface area (Å²) in [5.41, 5.74) is 1.34. The Morgan fingerprint density at radius 3 is 2.79 bits per heavy atom. The minimum atomic E-state index is -0.214. The molecule has 2 N–H and O–H groups in total. The third-order valence-electron chi connectivity index (χ3n) is 4.58. The van der Waals surface area contributed by atoms with Gasteiger partial charge in [-0.15, -0.1) is 29.9 Å². The molecule has 0 aliphatic carbocycles. The lowest BCUT2D eigenvalue weighted by atomic mass is 10.1. The summed E-state index contributed by atoms with van der Waals surface area (Å²) in [5.74, 6) is 0.592. The molecule has 8 nitrogen and oxygen atoms in total. The maximum absolute atomic E-state index is 12.4. The highest BCUT2D eigenvalue weighted by atomic mass is 35.5. The molecule has 0 spiro atoms. The molecule has 0 bridgehead atoms. The van der Waals surface area contributed by atoms with Crippen LogP contribution >= 0.6 is 24.8 Å². The SMILES string of the molecule is CN(C)CCOc1cccc(CNC(=O)c2cn(C3CCNCC3)nn2)c1.Cl.Cl. The van der Waals surface area contributed by atoms with E-state index in [1.165, 1.54) is 0 Å². The first-order valence-electron chi connectivity index (χ1n) is 9.39. The topological polar surface area (TPSA) is 84.3 Å². The van der Waals surface area contributed by atoms with Gasteiger partial charge >= 0.3 is 0 Å². The second kappa shape index (κ2) is 12.6. The first-order chi connectivity index (χ1) is 13.1. The molecule has 1 saturated heterocycles. The van der Waals surface area contributed by atoms with Crippen LogP contribution in [0.15, 0.2) is 30.5 Å². The van der Waals surface area contributed by atoms with Crippen molar-refractivity contribution in [3.63, 3.8) is 0 Å². The summed E-state index contributed by atoms with van der Waals surface area (Å²) in [6.07, 6.45) is 3.75. The van der Waals surface area contributed by atoms with Crippen LogP contribution in [0.3, 0.4) is 0 Å². The molecule has 1 amide bonds. The quantitative estimate of drug-likeness (QED) is 0.646. The van der Waals surface area contributed by atoms with Crippen molar-refractivity contribution in [3.05, 3.63) is 41.7 Å². The van der Waals surface area contributed by atoms with E-state index in [4.69, 9.17) is 4.74 Å². The summed E-state index contributed by atoms with van der Waals surface area (Å²) in [4.78, 5) is 14.4. The zero-order chi connectivity index (χ0) is 19.1. The van der Waals surface area contributed by atoms with Crippen molar-refractivity contribution in [3.8, 4) is 5.75 Å². The van der Waals surface area contributed by atoms with Gasteiger partial charge in [0.2, 0.25) is 0 Å². The van der Waals surface area contributed by atoms with Gasteiger partial charge in [-0.1, -0.05) is 17.3 Å². The molecule has 2 aromatic rings. The molecule has 0 saturated carbocycles. The molecule has 1 aromatic heterocycles. The summed E-state index contributed by atoms with van der Waals surface area (Å²) in [7, 11) is 4.02. The van der Waals surface area contributed by atoms with Crippen LogP contribution in [0.2, 0.25) is 0 Å². The number of hydrogen-bond acceptors (Lipinski definition) is 6. The monoisotopic (exact) mass is 444 g/mol. The fourth-order valence-corrected chi connectivity index (χ4v) is 2.99. The highest BCUT2D eigenvalue weighted by molar-refractivity contribution is 5.91. The number of nitrogens with one attached hydrogen (secondary N) is 2. The second-order valence-electron chi connectivity index (χ2n) is 7.05. The fraction of sp³-hybridized carbons (Fsp3) is 0.526. The van der Waals surface area contributed by atoms with Gasteiger partial charge in [0.1, 0.15) is 12.4 Å². The van der Waals surface area contributed by atoms with Crippen LogP contribution in [0.1, 0.15) is 34.9 Å². The number of carbonyl (C=O) groups is 1. The summed E-state index contributed by atoms with van der Waals surface area (Å²) in [5, 5.41) is 14.4. The molecule has 3 rings (SSSR count). The second-order valence-corrected chi connectivity index (χ2v) is 7.05. The number of hydrogen-bond donors (Lipinski definition) is 2. The van der Waals surface area contributed by atoms with E-state index in [1.54, 1.807) is 6.20 Å². The minimum absolute atomic E-state index is 0. The summed E-state index contributed by atoms with van der Waals surface area (Å²) in [6.45, 7) is 3.85. The minimum Gasteiger partial charge on any atom is -0.492 e. The Hall–Kier alpha value is -1.87. The van der Waals surface area contributed by atoms with Crippen LogP contribution < -0.4 is 15.4 Å². The number of benzene rings is 1. The number of carbonyl (C=O) groups excluding carboxylic acids is 1. The van der Waals surface area contributed by atoms with E-state index in [-0.39, 0.29) is 30.7 Å². The van der Waals surface area contributed by atoms with E-state index in [1.807, 2.05) is 43.0 Å². The van der Waals surface area contributed by atoms with Crippen LogP contribution in [-0.2, 0) is 6.54 Å². The molecule has 162 valence electrons. The van der Waals surface area contributed by atoms with Crippen LogP contribution in [-0.4, -0.2) is 66.1 Å². The van der Waals surface area contributed by atoms with Crippen molar-refractivity contribution in [2.75, 3.05) is 40.3 Å². The Labute approximate surface area is 184 Å². The molecule has 1 fully saturated rings. The van der Waals surface area contributed by atoms with E-state index >= 15 is 0 Å². The predicted molar refractivity (Wildman–Crippen MR) is 117 cm³/mol. The number of amides is 1. The van der Waals surface area contributed by atoms with Gasteiger partial charge in [-0.2, -0.15) is 0 Å². The average molecular weight is 445 g/mol. The molecule has 2 heterocycles. The van der Waals surface area contributed by atoms with Crippen LogP contribution in [0, 0.1) is 0 Å². The van der Waals surface area contributed by atoms with E-state index in [2.05, 4.69) is 25.8 Å². The maximum atomic E-state index is 12.4. The summed E-state index contributed by atoms with van der Waals surface area (Å²) >= 11 is 0. The van der Waals surface area contributed by atoms with Gasteiger partial charge in [-0.05, 0) is 57.7 Å². The van der Waals surface area contributed by atoms with Crippen LogP contribution in [0.4, 0.5) is 0 Å². The van der Waals surface area contributed by atoms with Crippen LogP contribution in [0.25, 0.3) is 0 Å². The highest BCUT2D eigenvalue weighted by Gasteiger charge is 2.18. The van der Waals surface area contributed by atoms with Gasteiger partial charge in [0.15, 0.2) is 5.69 Å². The number of halogens is 2. The maximum Gasteiger partial charge on any atom is 0.273 e. The molecule has 1 aliphatic rings. The Bertz CT molecular complexity index is 750. The summed E-state index contributed by atoms with van der Waals surface area (Å²) < 4.78 is 7.55. The molecule has 0 unspecified atom stereocenters. The fourth-order valence-electron chi connectivity index (χ4n) is 2.99. The average Bonchev–Trinajstić information content (AvgIpc) is 3.17. The number of piperidine rings is 1. The van der Waals surface area contributed by atoms with E-state index in [0.717, 1.165) is 43.8 Å². The third-order valence-corrected chi connectivity index (χ3v) is 4.58. The largest absolute Gasteiger partial charge is 0.492 e. The van der Waals surface area contributed by atoms with Crippen molar-refractivity contribution in [1.82, 2.24) is 30.5 Å². The molecule has 1 aliphatic heterocycles. The molecular formula is C19H30Cl2N6O2. The first kappa shape index (κ1) is 25.2. The Balaban J connectivity index is 0.00000210. The third kappa shape index (κ3) is 7.81. The number of ether oxygens (including phenoxy) is 1. The van der Waals surface area contributed by atoms with Crippen molar-refractivity contribution in [2.45, 2.75) is 25.4 Å². The van der Waals surface area contributed by atoms with Crippen molar-refractivity contribution in [1.29, 1.82) is 0 Å². The molecule has 0 atom stereocenters. The molecule has 1 aromatic carbocycles. The van der Waals surface area contributed by atoms with Gasteiger partial charge in [0.05, 0.1) is 12.2 Å². The molecule has 0 radical (unpaired) electrons. The van der Waals surface area contributed by atoms with E-state index < -0.39 is 0 Å². The Morgan fingerprint density at radius 2 is 2.07 bits per heavy atom. The zero-order valence-electron chi connectivity index (χ0n) is 16.8. The number of rotatable bonds is 8. The summed E-state index contributed by atoms with van der Waals surface area (Å²) in [6, 6.07) is 8.08. The smallest absolute Gasteiger partial charge is 0.273 e. The number of likely N-dealkylation sites (N-methyl/N-ethyl adjacent to an activating group) is 1. The standard InChI is InChI=1S/C19H28N6O2.2ClH/c1-24(2)10-11-27-17-5-3-4-15(12-17)13-21-19(26)18-14-25(23-22-18)16-6-8-20-9-7-16;;/h3-5,12,14,16,20H,6-11,13H2,1-2H3,(H,21,26);2*1H. The number of aromatic nitrogens is 3.